The van der Waals surface area contributed by atoms with Gasteiger partial charge in [-0.3, -0.25) is 0 Å². The Hall–Kier alpha value is -1.39. The molecule has 0 fully saturated rings. The first-order valence-corrected chi connectivity index (χ1v) is 7.56. The van der Waals surface area contributed by atoms with Gasteiger partial charge in [0.05, 0.1) is 18.8 Å². The van der Waals surface area contributed by atoms with Gasteiger partial charge in [0.1, 0.15) is 17.2 Å². The fraction of sp³-hybridized carbons (Fsp3) is 0.529. The van der Waals surface area contributed by atoms with Gasteiger partial charge >= 0.3 is 0 Å². The highest BCUT2D eigenvalue weighted by Gasteiger charge is 2.21. The lowest BCUT2D eigenvalue weighted by Gasteiger charge is -2.19. The number of benzene rings is 1. The summed E-state index contributed by atoms with van der Waals surface area (Å²) >= 11 is 0. The lowest BCUT2D eigenvalue weighted by atomic mass is 10.1. The lowest BCUT2D eigenvalue weighted by molar-refractivity contribution is 0.0570. The molecule has 0 amide bonds. The summed E-state index contributed by atoms with van der Waals surface area (Å²) in [7, 11) is 0. The first-order chi connectivity index (χ1) is 10.0. The van der Waals surface area contributed by atoms with Gasteiger partial charge in [0.2, 0.25) is 0 Å². The third-order valence-electron chi connectivity index (χ3n) is 3.49. The second-order valence-electron chi connectivity index (χ2n) is 5.62. The zero-order chi connectivity index (χ0) is 15.4. The van der Waals surface area contributed by atoms with Crippen LogP contribution in [0.3, 0.4) is 0 Å². The molecule has 1 atom stereocenters. The van der Waals surface area contributed by atoms with E-state index in [1.54, 1.807) is 6.07 Å². The predicted molar refractivity (Wildman–Crippen MR) is 83.0 cm³/mol. The minimum atomic E-state index is -0.241. The molecule has 0 saturated heterocycles. The fourth-order valence-electron chi connectivity index (χ4n) is 2.38. The molecule has 1 N–H and O–H groups in total. The van der Waals surface area contributed by atoms with Crippen molar-refractivity contribution in [2.24, 2.45) is 0 Å². The molecule has 1 aromatic heterocycles. The fourth-order valence-corrected chi connectivity index (χ4v) is 2.38. The first kappa shape index (κ1) is 16.0. The molecule has 1 unspecified atom stereocenters. The summed E-state index contributed by atoms with van der Waals surface area (Å²) in [5.41, 5.74) is 1.70. The van der Waals surface area contributed by atoms with Crippen LogP contribution >= 0.6 is 0 Å². The van der Waals surface area contributed by atoms with Crippen molar-refractivity contribution in [3.05, 3.63) is 35.3 Å². The van der Waals surface area contributed by atoms with Crippen molar-refractivity contribution in [3.8, 4) is 0 Å². The highest BCUT2D eigenvalue weighted by atomic mass is 19.1. The molecule has 2 aromatic rings. The average Bonchev–Trinajstić information content (AvgIpc) is 2.76. The molecule has 3 nitrogen and oxygen atoms in total. The Morgan fingerprint density at radius 2 is 2.10 bits per heavy atom. The molecule has 21 heavy (non-hydrogen) atoms. The van der Waals surface area contributed by atoms with E-state index in [0.717, 1.165) is 35.3 Å². The summed E-state index contributed by atoms with van der Waals surface area (Å²) in [4.78, 5) is 0. The number of hydrogen-bond donors (Lipinski definition) is 1. The van der Waals surface area contributed by atoms with Crippen LogP contribution in [-0.2, 0) is 4.74 Å². The van der Waals surface area contributed by atoms with Crippen molar-refractivity contribution < 1.29 is 13.5 Å². The molecular weight excluding hydrogens is 269 g/mol. The standard InChI is InChI=1S/C17H24FNO2/c1-5-8-19-15(10-20-11(2)3)17-12(4)14-9-13(18)6-7-16(14)21-17/h6-7,9,11,15,19H,5,8,10H2,1-4H3. The zero-order valence-electron chi connectivity index (χ0n) is 13.2. The van der Waals surface area contributed by atoms with E-state index in [1.807, 2.05) is 20.8 Å². The van der Waals surface area contributed by atoms with Crippen LogP contribution in [0.5, 0.6) is 0 Å². The minimum absolute atomic E-state index is 0.0113. The van der Waals surface area contributed by atoms with E-state index in [1.165, 1.54) is 12.1 Å². The van der Waals surface area contributed by atoms with Crippen molar-refractivity contribution >= 4 is 11.0 Å². The van der Waals surface area contributed by atoms with Gasteiger partial charge in [-0.05, 0) is 51.9 Å². The molecule has 4 heteroatoms. The first-order valence-electron chi connectivity index (χ1n) is 7.56. The van der Waals surface area contributed by atoms with Gasteiger partial charge in [-0.1, -0.05) is 6.92 Å². The molecular formula is C17H24FNO2. The number of fused-ring (bicyclic) bond motifs is 1. The van der Waals surface area contributed by atoms with Crippen LogP contribution in [0.25, 0.3) is 11.0 Å². The van der Waals surface area contributed by atoms with Crippen molar-refractivity contribution in [2.75, 3.05) is 13.2 Å². The van der Waals surface area contributed by atoms with E-state index in [0.29, 0.717) is 6.61 Å². The normalized spacial score (nSPS) is 13.2. The van der Waals surface area contributed by atoms with Gasteiger partial charge < -0.3 is 14.5 Å². The van der Waals surface area contributed by atoms with E-state index in [2.05, 4.69) is 12.2 Å². The van der Waals surface area contributed by atoms with Crippen LogP contribution in [0.4, 0.5) is 4.39 Å². The van der Waals surface area contributed by atoms with E-state index in [-0.39, 0.29) is 18.0 Å². The summed E-state index contributed by atoms with van der Waals surface area (Å²) in [5.74, 6) is 0.596. The Morgan fingerprint density at radius 3 is 2.76 bits per heavy atom. The van der Waals surface area contributed by atoms with E-state index in [9.17, 15) is 4.39 Å². The molecule has 0 spiro atoms. The number of aryl methyl sites for hydroxylation is 1. The summed E-state index contributed by atoms with van der Waals surface area (Å²) in [6.07, 6.45) is 1.20. The Kier molecular flexibility index (Phi) is 5.37. The zero-order valence-corrected chi connectivity index (χ0v) is 13.2. The number of ether oxygens (including phenoxy) is 1. The smallest absolute Gasteiger partial charge is 0.134 e. The summed E-state index contributed by atoms with van der Waals surface area (Å²) in [6, 6.07) is 4.62. The van der Waals surface area contributed by atoms with Crippen LogP contribution in [0.15, 0.2) is 22.6 Å². The van der Waals surface area contributed by atoms with Crippen LogP contribution in [-0.4, -0.2) is 19.3 Å². The molecule has 116 valence electrons. The SMILES string of the molecule is CCCNC(COC(C)C)c1oc2ccc(F)cc2c1C. The number of nitrogens with one attached hydrogen (secondary N) is 1. The summed E-state index contributed by atoms with van der Waals surface area (Å²) < 4.78 is 25.1. The second-order valence-corrected chi connectivity index (χ2v) is 5.62. The van der Waals surface area contributed by atoms with E-state index >= 15 is 0 Å². The van der Waals surface area contributed by atoms with Crippen LogP contribution in [0, 0.1) is 12.7 Å². The lowest BCUT2D eigenvalue weighted by Crippen LogP contribution is -2.27. The van der Waals surface area contributed by atoms with E-state index < -0.39 is 0 Å². The number of rotatable bonds is 7. The number of halogens is 1. The van der Waals surface area contributed by atoms with Crippen molar-refractivity contribution in [1.29, 1.82) is 0 Å². The molecule has 0 aliphatic heterocycles. The third-order valence-corrected chi connectivity index (χ3v) is 3.49. The Balaban J connectivity index is 2.31. The van der Waals surface area contributed by atoms with Gasteiger partial charge in [-0.2, -0.15) is 0 Å². The molecule has 0 radical (unpaired) electrons. The molecule has 0 aliphatic carbocycles. The largest absolute Gasteiger partial charge is 0.459 e. The van der Waals surface area contributed by atoms with Crippen molar-refractivity contribution in [1.82, 2.24) is 5.32 Å². The molecule has 2 rings (SSSR count). The van der Waals surface area contributed by atoms with Crippen LogP contribution < -0.4 is 5.32 Å². The monoisotopic (exact) mass is 293 g/mol. The Bertz CT molecular complexity index is 592. The van der Waals surface area contributed by atoms with Crippen LogP contribution in [0.2, 0.25) is 0 Å². The van der Waals surface area contributed by atoms with Gasteiger partial charge in [0.15, 0.2) is 0 Å². The Labute approximate surface area is 125 Å². The average molecular weight is 293 g/mol. The van der Waals surface area contributed by atoms with Gasteiger partial charge in [0.25, 0.3) is 0 Å². The van der Waals surface area contributed by atoms with Gasteiger partial charge in [-0.25, -0.2) is 4.39 Å². The predicted octanol–water partition coefficient (Wildman–Crippen LogP) is 4.35. The molecule has 0 saturated carbocycles. The third kappa shape index (κ3) is 3.83. The minimum Gasteiger partial charge on any atom is -0.459 e. The van der Waals surface area contributed by atoms with Crippen molar-refractivity contribution in [2.45, 2.75) is 46.3 Å². The summed E-state index contributed by atoms with van der Waals surface area (Å²) in [6.45, 7) is 9.54. The van der Waals surface area contributed by atoms with Crippen LogP contribution in [0.1, 0.15) is 44.6 Å². The van der Waals surface area contributed by atoms with Crippen molar-refractivity contribution in [3.63, 3.8) is 0 Å². The summed E-state index contributed by atoms with van der Waals surface area (Å²) in [5, 5.41) is 4.28. The maximum Gasteiger partial charge on any atom is 0.134 e. The highest BCUT2D eigenvalue weighted by molar-refractivity contribution is 5.82. The highest BCUT2D eigenvalue weighted by Crippen LogP contribution is 2.30. The second kappa shape index (κ2) is 7.05. The molecule has 0 aliphatic rings. The quantitative estimate of drug-likeness (QED) is 0.824. The number of furan rings is 1. The van der Waals surface area contributed by atoms with Gasteiger partial charge in [0, 0.05) is 10.9 Å². The molecule has 1 aromatic carbocycles. The van der Waals surface area contributed by atoms with E-state index in [4.69, 9.17) is 9.15 Å². The molecule has 0 bridgehead atoms. The molecule has 1 heterocycles. The topological polar surface area (TPSA) is 34.4 Å². The maximum atomic E-state index is 13.4. The maximum absolute atomic E-state index is 13.4. The van der Waals surface area contributed by atoms with Gasteiger partial charge in [-0.15, -0.1) is 0 Å². The Morgan fingerprint density at radius 1 is 1.33 bits per heavy atom. The number of hydrogen-bond acceptors (Lipinski definition) is 3.